The number of ketones is 1. The Morgan fingerprint density at radius 2 is 1.94 bits per heavy atom. The molecule has 0 aromatic carbocycles. The van der Waals surface area contributed by atoms with Crippen molar-refractivity contribution in [2.24, 2.45) is 5.92 Å². The summed E-state index contributed by atoms with van der Waals surface area (Å²) in [4.78, 5) is 49.3. The molecule has 0 aliphatic heterocycles. The van der Waals surface area contributed by atoms with Gasteiger partial charge in [0, 0.05) is 23.9 Å². The third-order valence-electron chi connectivity index (χ3n) is 5.10. The zero-order valence-corrected chi connectivity index (χ0v) is 19.1. The first-order valence-corrected chi connectivity index (χ1v) is 12.0. The average molecular weight is 484 g/mol. The van der Waals surface area contributed by atoms with Crippen LogP contribution in [-0.2, 0) is 11.2 Å². The number of urea groups is 1. The highest BCUT2D eigenvalue weighted by molar-refractivity contribution is 8.01. The Morgan fingerprint density at radius 1 is 1.12 bits per heavy atom. The summed E-state index contributed by atoms with van der Waals surface area (Å²) in [6, 6.07) is 6.45. The molecule has 3 N–H and O–H groups in total. The maximum atomic E-state index is 12.9. The second-order valence-corrected chi connectivity index (χ2v) is 9.73. The highest BCUT2D eigenvalue weighted by Crippen LogP contribution is 2.37. The van der Waals surface area contributed by atoms with Crippen LogP contribution in [0, 0.1) is 5.92 Å². The Kier molecular flexibility index (Phi) is 7.30. The summed E-state index contributed by atoms with van der Waals surface area (Å²) in [5.41, 5.74) is 1.11. The first-order chi connectivity index (χ1) is 16.0. The number of rotatable bonds is 8. The average Bonchev–Trinajstić information content (AvgIpc) is 3.45. The fourth-order valence-corrected chi connectivity index (χ4v) is 5.65. The van der Waals surface area contributed by atoms with E-state index in [4.69, 9.17) is 0 Å². The fourth-order valence-electron chi connectivity index (χ4n) is 3.60. The highest BCUT2D eigenvalue weighted by Gasteiger charge is 2.26. The fraction of sp³-hybridized carbons (Fsp3) is 0.273. The van der Waals surface area contributed by atoms with E-state index in [-0.39, 0.29) is 23.3 Å². The maximum Gasteiger partial charge on any atom is 0.325 e. The Hall–Kier alpha value is -3.31. The minimum absolute atomic E-state index is 0.0113. The Bertz CT molecular complexity index is 1160. The highest BCUT2D eigenvalue weighted by atomic mass is 32.2. The largest absolute Gasteiger partial charge is 0.481 e. The number of amides is 2. The summed E-state index contributed by atoms with van der Waals surface area (Å²) in [6.07, 6.45) is 8.12. The second kappa shape index (κ2) is 10.5. The minimum Gasteiger partial charge on any atom is -0.481 e. The number of aromatic nitrogens is 3. The van der Waals surface area contributed by atoms with E-state index in [0.29, 0.717) is 26.2 Å². The minimum atomic E-state index is -1.02. The standard InChI is InChI=1S/C22H21N5O4S2/c28-18(29)11-15-20(32-17-7-3-4-9-24-17)33-22(26-15)27-21(31)25-16-12-23-10-8-14(16)19(30)13-5-1-2-6-13/h3-4,7-10,12-13H,1-2,5-6,11H2,(H,28,29)(H2,25,26,27,31). The predicted molar refractivity (Wildman–Crippen MR) is 125 cm³/mol. The smallest absolute Gasteiger partial charge is 0.325 e. The molecule has 1 fully saturated rings. The van der Waals surface area contributed by atoms with Gasteiger partial charge in [-0.3, -0.25) is 19.9 Å². The van der Waals surface area contributed by atoms with Crippen molar-refractivity contribution in [3.05, 3.63) is 54.1 Å². The van der Waals surface area contributed by atoms with Crippen molar-refractivity contribution in [1.82, 2.24) is 15.0 Å². The van der Waals surface area contributed by atoms with Gasteiger partial charge in [0.05, 0.1) is 28.2 Å². The summed E-state index contributed by atoms with van der Waals surface area (Å²) in [7, 11) is 0. The normalized spacial score (nSPS) is 13.6. The van der Waals surface area contributed by atoms with Crippen molar-refractivity contribution in [2.45, 2.75) is 41.3 Å². The lowest BCUT2D eigenvalue weighted by atomic mass is 9.96. The van der Waals surface area contributed by atoms with E-state index >= 15 is 0 Å². The van der Waals surface area contributed by atoms with E-state index in [0.717, 1.165) is 37.0 Å². The van der Waals surface area contributed by atoms with Gasteiger partial charge in [-0.05, 0) is 31.0 Å². The molecule has 1 aliphatic rings. The van der Waals surface area contributed by atoms with Crippen LogP contribution in [0.25, 0.3) is 0 Å². The third kappa shape index (κ3) is 5.93. The van der Waals surface area contributed by atoms with Crippen molar-refractivity contribution >= 4 is 51.7 Å². The first-order valence-electron chi connectivity index (χ1n) is 10.4. The van der Waals surface area contributed by atoms with Gasteiger partial charge in [-0.15, -0.1) is 0 Å². The Labute approximate surface area is 198 Å². The zero-order chi connectivity index (χ0) is 23.2. The molecule has 0 saturated heterocycles. The molecule has 0 radical (unpaired) electrons. The lowest BCUT2D eigenvalue weighted by Crippen LogP contribution is -2.22. The molecule has 1 saturated carbocycles. The monoisotopic (exact) mass is 483 g/mol. The molecule has 0 spiro atoms. The van der Waals surface area contributed by atoms with Crippen LogP contribution in [0.5, 0.6) is 0 Å². The van der Waals surface area contributed by atoms with Gasteiger partial charge in [0.2, 0.25) is 0 Å². The van der Waals surface area contributed by atoms with Crippen molar-refractivity contribution in [3.63, 3.8) is 0 Å². The van der Waals surface area contributed by atoms with Crippen LogP contribution < -0.4 is 10.6 Å². The van der Waals surface area contributed by atoms with Crippen molar-refractivity contribution < 1.29 is 19.5 Å². The number of hydrogen-bond donors (Lipinski definition) is 3. The molecule has 3 aromatic heterocycles. The van der Waals surface area contributed by atoms with Crippen LogP contribution in [0.2, 0.25) is 0 Å². The lowest BCUT2D eigenvalue weighted by molar-refractivity contribution is -0.136. The number of aliphatic carboxylic acids is 1. The number of carbonyl (C=O) groups is 3. The molecule has 4 rings (SSSR count). The summed E-state index contributed by atoms with van der Waals surface area (Å²) in [6.45, 7) is 0. The molecule has 1 aliphatic carbocycles. The topological polar surface area (TPSA) is 134 Å². The number of carboxylic acids is 1. The van der Waals surface area contributed by atoms with Gasteiger partial charge in [-0.1, -0.05) is 42.0 Å². The van der Waals surface area contributed by atoms with Crippen molar-refractivity contribution in [2.75, 3.05) is 10.6 Å². The zero-order valence-electron chi connectivity index (χ0n) is 17.5. The number of nitrogens with zero attached hydrogens (tertiary/aromatic N) is 3. The SMILES string of the molecule is O=C(O)Cc1nc(NC(=O)Nc2cnccc2C(=O)C2CCCC2)sc1Sc1ccccn1. The van der Waals surface area contributed by atoms with Crippen molar-refractivity contribution in [1.29, 1.82) is 0 Å². The molecule has 0 bridgehead atoms. The molecule has 9 nitrogen and oxygen atoms in total. The van der Waals surface area contributed by atoms with Gasteiger partial charge in [0.1, 0.15) is 5.03 Å². The molecular weight excluding hydrogens is 462 g/mol. The molecule has 3 aromatic rings. The van der Waals surface area contributed by atoms with E-state index in [1.165, 1.54) is 24.2 Å². The van der Waals surface area contributed by atoms with E-state index in [2.05, 4.69) is 25.6 Å². The number of carboxylic acid groups (broad SMARTS) is 1. The van der Waals surface area contributed by atoms with Crippen LogP contribution in [-0.4, -0.2) is 37.8 Å². The van der Waals surface area contributed by atoms with Gasteiger partial charge in [0.25, 0.3) is 0 Å². The Morgan fingerprint density at radius 3 is 2.67 bits per heavy atom. The summed E-state index contributed by atoms with van der Waals surface area (Å²) < 4.78 is 0.630. The van der Waals surface area contributed by atoms with Crippen LogP contribution in [0.1, 0.15) is 41.7 Å². The Balaban J connectivity index is 1.48. The number of carbonyl (C=O) groups excluding carboxylic acids is 2. The molecular formula is C22H21N5O4S2. The van der Waals surface area contributed by atoms with Gasteiger partial charge < -0.3 is 10.4 Å². The van der Waals surface area contributed by atoms with Crippen LogP contribution >= 0.6 is 23.1 Å². The van der Waals surface area contributed by atoms with E-state index in [1.807, 2.05) is 6.07 Å². The number of nitrogens with one attached hydrogen (secondary N) is 2. The summed E-state index contributed by atoms with van der Waals surface area (Å²) in [5, 5.41) is 15.5. The number of thiazole rings is 1. The number of Topliss-reactive ketones (excluding diaryl/α,β-unsaturated/α-hetero) is 1. The predicted octanol–water partition coefficient (Wildman–Crippen LogP) is 4.73. The lowest BCUT2D eigenvalue weighted by Gasteiger charge is -2.13. The quantitative estimate of drug-likeness (QED) is 0.392. The van der Waals surface area contributed by atoms with Gasteiger partial charge in [0.15, 0.2) is 10.9 Å². The number of anilines is 2. The molecule has 0 unspecified atom stereocenters. The maximum absolute atomic E-state index is 12.9. The first kappa shape index (κ1) is 22.9. The molecule has 33 heavy (non-hydrogen) atoms. The number of pyridine rings is 2. The summed E-state index contributed by atoms with van der Waals surface area (Å²) >= 11 is 2.44. The molecule has 2 amide bonds. The third-order valence-corrected chi connectivity index (χ3v) is 7.28. The molecule has 170 valence electrons. The second-order valence-electron chi connectivity index (χ2n) is 7.44. The van der Waals surface area contributed by atoms with E-state index in [9.17, 15) is 19.5 Å². The van der Waals surface area contributed by atoms with E-state index in [1.54, 1.807) is 24.4 Å². The van der Waals surface area contributed by atoms with Gasteiger partial charge in [-0.25, -0.2) is 14.8 Å². The number of hydrogen-bond acceptors (Lipinski definition) is 8. The van der Waals surface area contributed by atoms with Gasteiger partial charge >= 0.3 is 12.0 Å². The molecule has 0 atom stereocenters. The van der Waals surface area contributed by atoms with Crippen LogP contribution in [0.4, 0.5) is 15.6 Å². The van der Waals surface area contributed by atoms with Crippen molar-refractivity contribution in [3.8, 4) is 0 Å². The van der Waals surface area contributed by atoms with Crippen LogP contribution in [0.3, 0.4) is 0 Å². The molecule has 11 heteroatoms. The summed E-state index contributed by atoms with van der Waals surface area (Å²) in [5.74, 6) is -1.04. The van der Waals surface area contributed by atoms with E-state index < -0.39 is 12.0 Å². The van der Waals surface area contributed by atoms with Crippen LogP contribution in [0.15, 0.2) is 52.1 Å². The van der Waals surface area contributed by atoms with Gasteiger partial charge in [-0.2, -0.15) is 0 Å². The molecule has 3 heterocycles.